The van der Waals surface area contributed by atoms with Crippen molar-refractivity contribution in [2.75, 3.05) is 19.8 Å². The third kappa shape index (κ3) is 2.53. The highest BCUT2D eigenvalue weighted by Crippen LogP contribution is 2.24. The van der Waals surface area contributed by atoms with Crippen molar-refractivity contribution < 1.29 is 13.2 Å². The smallest absolute Gasteiger partial charge is 0.244 e. The Bertz CT molecular complexity index is 483. The van der Waals surface area contributed by atoms with E-state index in [0.717, 1.165) is 4.88 Å². The van der Waals surface area contributed by atoms with E-state index in [1.807, 2.05) is 6.92 Å². The summed E-state index contributed by atoms with van der Waals surface area (Å²) in [5.74, 6) is 0. The molecule has 1 aliphatic heterocycles. The van der Waals surface area contributed by atoms with Gasteiger partial charge in [-0.2, -0.15) is 4.31 Å². The molecule has 96 valence electrons. The number of thiophene rings is 1. The molecule has 0 aromatic carbocycles. The second-order valence-corrected chi connectivity index (χ2v) is 6.88. The lowest BCUT2D eigenvalue weighted by atomic mass is 10.3. The Morgan fingerprint density at radius 1 is 1.65 bits per heavy atom. The van der Waals surface area contributed by atoms with Gasteiger partial charge in [0.15, 0.2) is 0 Å². The average Bonchev–Trinajstić information content (AvgIpc) is 2.78. The largest absolute Gasteiger partial charge is 0.378 e. The van der Waals surface area contributed by atoms with E-state index in [1.54, 1.807) is 11.4 Å². The monoisotopic (exact) mass is 276 g/mol. The van der Waals surface area contributed by atoms with Crippen molar-refractivity contribution in [2.45, 2.75) is 24.4 Å². The summed E-state index contributed by atoms with van der Waals surface area (Å²) < 4.78 is 31.5. The highest BCUT2D eigenvalue weighted by atomic mass is 32.2. The van der Waals surface area contributed by atoms with Crippen LogP contribution in [0.5, 0.6) is 0 Å². The van der Waals surface area contributed by atoms with Crippen LogP contribution >= 0.6 is 11.3 Å². The molecule has 1 saturated heterocycles. The van der Waals surface area contributed by atoms with Crippen molar-refractivity contribution >= 4 is 21.4 Å². The van der Waals surface area contributed by atoms with Gasteiger partial charge in [-0.25, -0.2) is 8.42 Å². The van der Waals surface area contributed by atoms with Crippen LogP contribution in [0.15, 0.2) is 16.3 Å². The third-order valence-electron chi connectivity index (χ3n) is 2.74. The van der Waals surface area contributed by atoms with E-state index >= 15 is 0 Å². The number of sulfonamides is 1. The van der Waals surface area contributed by atoms with Crippen LogP contribution in [-0.2, 0) is 21.3 Å². The Morgan fingerprint density at radius 3 is 3.00 bits per heavy atom. The van der Waals surface area contributed by atoms with Gasteiger partial charge in [0, 0.05) is 29.4 Å². The van der Waals surface area contributed by atoms with Gasteiger partial charge in [0.05, 0.1) is 18.1 Å². The highest BCUT2D eigenvalue weighted by molar-refractivity contribution is 7.89. The third-order valence-corrected chi connectivity index (χ3v) is 5.84. The van der Waals surface area contributed by atoms with Gasteiger partial charge in [-0.1, -0.05) is 0 Å². The molecular weight excluding hydrogens is 260 g/mol. The molecule has 5 nitrogen and oxygen atoms in total. The summed E-state index contributed by atoms with van der Waals surface area (Å²) in [6, 6.07) is 1.54. The van der Waals surface area contributed by atoms with Crippen molar-refractivity contribution in [3.05, 3.63) is 16.3 Å². The maximum absolute atomic E-state index is 12.4. The van der Waals surface area contributed by atoms with Gasteiger partial charge in [0.2, 0.25) is 10.0 Å². The number of nitrogens with two attached hydrogens (primary N) is 1. The second-order valence-electron chi connectivity index (χ2n) is 3.99. The number of ether oxygens (including phenoxy) is 1. The lowest BCUT2D eigenvalue weighted by Gasteiger charge is -2.31. The molecule has 17 heavy (non-hydrogen) atoms. The normalized spacial score (nSPS) is 22.8. The zero-order valence-electron chi connectivity index (χ0n) is 9.63. The number of rotatable bonds is 3. The lowest BCUT2D eigenvalue weighted by Crippen LogP contribution is -2.46. The Morgan fingerprint density at radius 2 is 2.41 bits per heavy atom. The molecule has 1 unspecified atom stereocenters. The Labute approximate surface area is 105 Å². The van der Waals surface area contributed by atoms with Gasteiger partial charge in [-0.3, -0.25) is 0 Å². The molecule has 0 radical (unpaired) electrons. The minimum absolute atomic E-state index is 0.116. The fourth-order valence-electron chi connectivity index (χ4n) is 1.81. The molecule has 2 heterocycles. The summed E-state index contributed by atoms with van der Waals surface area (Å²) >= 11 is 1.38. The van der Waals surface area contributed by atoms with Crippen LogP contribution in [0, 0.1) is 0 Å². The average molecular weight is 276 g/mol. The Kier molecular flexibility index (Phi) is 3.84. The van der Waals surface area contributed by atoms with Gasteiger partial charge in [0.25, 0.3) is 0 Å². The first-order chi connectivity index (χ1) is 8.05. The molecule has 1 fully saturated rings. The molecule has 0 spiro atoms. The fraction of sp³-hybridized carbons (Fsp3) is 0.600. The van der Waals surface area contributed by atoms with Crippen LogP contribution in [0.25, 0.3) is 0 Å². The van der Waals surface area contributed by atoms with Crippen molar-refractivity contribution in [1.82, 2.24) is 4.31 Å². The molecule has 0 saturated carbocycles. The van der Waals surface area contributed by atoms with Gasteiger partial charge in [-0.05, 0) is 13.0 Å². The van der Waals surface area contributed by atoms with E-state index in [2.05, 4.69) is 0 Å². The Hall–Kier alpha value is -0.470. The minimum Gasteiger partial charge on any atom is -0.378 e. The molecule has 1 aliphatic rings. The van der Waals surface area contributed by atoms with E-state index < -0.39 is 10.0 Å². The summed E-state index contributed by atoms with van der Waals surface area (Å²) in [7, 11) is -3.39. The zero-order valence-corrected chi connectivity index (χ0v) is 11.3. The molecule has 0 bridgehead atoms. The summed E-state index contributed by atoms with van der Waals surface area (Å²) in [5.41, 5.74) is 5.49. The summed E-state index contributed by atoms with van der Waals surface area (Å²) in [6.07, 6.45) is 0. The zero-order chi connectivity index (χ0) is 12.5. The first-order valence-electron chi connectivity index (χ1n) is 5.43. The molecule has 2 rings (SSSR count). The van der Waals surface area contributed by atoms with E-state index in [4.69, 9.17) is 10.5 Å². The molecule has 2 N–H and O–H groups in total. The van der Waals surface area contributed by atoms with Crippen LogP contribution < -0.4 is 5.73 Å². The first-order valence-corrected chi connectivity index (χ1v) is 7.74. The van der Waals surface area contributed by atoms with Crippen LogP contribution in [0.1, 0.15) is 11.8 Å². The van der Waals surface area contributed by atoms with Crippen LogP contribution in [-0.4, -0.2) is 38.5 Å². The molecule has 1 atom stereocenters. The van der Waals surface area contributed by atoms with Crippen molar-refractivity contribution in [2.24, 2.45) is 5.73 Å². The molecule has 1 aromatic rings. The van der Waals surface area contributed by atoms with Gasteiger partial charge < -0.3 is 10.5 Å². The molecule has 7 heteroatoms. The Balaban J connectivity index is 2.28. The number of hydrogen-bond donors (Lipinski definition) is 1. The van der Waals surface area contributed by atoms with Crippen molar-refractivity contribution in [3.8, 4) is 0 Å². The number of nitrogens with zero attached hydrogens (tertiary/aromatic N) is 1. The van der Waals surface area contributed by atoms with E-state index in [9.17, 15) is 8.42 Å². The predicted octanol–water partition coefficient (Wildman–Crippen LogP) is 0.616. The van der Waals surface area contributed by atoms with Crippen LogP contribution in [0.3, 0.4) is 0 Å². The quantitative estimate of drug-likeness (QED) is 0.878. The summed E-state index contributed by atoms with van der Waals surface area (Å²) in [5, 5.41) is 1.65. The van der Waals surface area contributed by atoms with Crippen molar-refractivity contribution in [1.29, 1.82) is 0 Å². The minimum atomic E-state index is -3.39. The fourth-order valence-corrected chi connectivity index (χ4v) is 4.55. The number of hydrogen-bond acceptors (Lipinski definition) is 5. The first kappa shape index (κ1) is 13.0. The maximum Gasteiger partial charge on any atom is 0.244 e. The van der Waals surface area contributed by atoms with Gasteiger partial charge >= 0.3 is 0 Å². The lowest BCUT2D eigenvalue weighted by molar-refractivity contribution is 0.0393. The van der Waals surface area contributed by atoms with Crippen LogP contribution in [0.4, 0.5) is 0 Å². The molecule has 0 amide bonds. The highest BCUT2D eigenvalue weighted by Gasteiger charge is 2.31. The predicted molar refractivity (Wildman–Crippen MR) is 66.4 cm³/mol. The van der Waals surface area contributed by atoms with E-state index in [1.165, 1.54) is 15.6 Å². The maximum atomic E-state index is 12.4. The van der Waals surface area contributed by atoms with Crippen molar-refractivity contribution in [3.63, 3.8) is 0 Å². The number of morpholine rings is 1. The summed E-state index contributed by atoms with van der Waals surface area (Å²) in [6.45, 7) is 3.55. The second kappa shape index (κ2) is 5.03. The van der Waals surface area contributed by atoms with E-state index in [-0.39, 0.29) is 6.04 Å². The topological polar surface area (TPSA) is 72.6 Å². The van der Waals surface area contributed by atoms with E-state index in [0.29, 0.717) is 31.2 Å². The molecular formula is C10H16N2O3S2. The summed E-state index contributed by atoms with van der Waals surface area (Å²) in [4.78, 5) is 1.22. The molecule has 1 aromatic heterocycles. The SMILES string of the molecule is CC1COCCN1S(=O)(=O)c1csc(CN)c1. The molecule has 0 aliphatic carbocycles. The van der Waals surface area contributed by atoms with Crippen LogP contribution in [0.2, 0.25) is 0 Å². The van der Waals surface area contributed by atoms with Gasteiger partial charge in [-0.15, -0.1) is 11.3 Å². The standard InChI is InChI=1S/C10H16N2O3S2/c1-8-6-15-3-2-12(8)17(13,14)10-4-9(5-11)16-7-10/h4,7-8H,2-3,5-6,11H2,1H3. The van der Waals surface area contributed by atoms with Gasteiger partial charge in [0.1, 0.15) is 0 Å².